The molecule has 1 rings (SSSR count). The molecule has 0 fully saturated rings. The van der Waals surface area contributed by atoms with Crippen molar-refractivity contribution in [2.24, 2.45) is 0 Å². The van der Waals surface area contributed by atoms with E-state index in [0.29, 0.717) is 0 Å². The third kappa shape index (κ3) is 1.54. The van der Waals surface area contributed by atoms with Crippen LogP contribution in [0.1, 0.15) is 12.6 Å². The van der Waals surface area contributed by atoms with Crippen molar-refractivity contribution in [1.29, 1.82) is 0 Å². The Bertz CT molecular complexity index is 324. The van der Waals surface area contributed by atoms with Crippen LogP contribution in [0.5, 0.6) is 0 Å². The minimum absolute atomic E-state index is 0. The molecule has 12 heavy (non-hydrogen) atoms. The van der Waals surface area contributed by atoms with Gasteiger partial charge >= 0.3 is 0 Å². The number of allylic oxidation sites excluding steroid dienone is 2. The van der Waals surface area contributed by atoms with Crippen LogP contribution in [-0.4, -0.2) is 0 Å². The molecule has 0 aliphatic heterocycles. The lowest BCUT2D eigenvalue weighted by molar-refractivity contribution is 1.59. The van der Waals surface area contributed by atoms with Gasteiger partial charge in [0.25, 0.3) is 0 Å². The maximum Gasteiger partial charge on any atom is 0 e. The summed E-state index contributed by atoms with van der Waals surface area (Å²) in [5.41, 5.74) is 3.13. The van der Waals surface area contributed by atoms with Gasteiger partial charge in [0.05, 0.1) is 0 Å². The summed E-state index contributed by atoms with van der Waals surface area (Å²) in [4.78, 5) is 0. The van der Waals surface area contributed by atoms with Crippen molar-refractivity contribution in [2.45, 2.75) is 0 Å². The zero-order valence-corrected chi connectivity index (χ0v) is 7.09. The smallest absolute Gasteiger partial charge is 0 e. The average molecular weight is 158 g/mol. The highest BCUT2D eigenvalue weighted by atomic mass is 14.0. The van der Waals surface area contributed by atoms with E-state index in [1.54, 1.807) is 6.08 Å². The minimum atomic E-state index is 0. The van der Waals surface area contributed by atoms with Crippen LogP contribution in [0.4, 0.5) is 0 Å². The summed E-state index contributed by atoms with van der Waals surface area (Å²) >= 11 is 0. The van der Waals surface area contributed by atoms with E-state index in [-0.39, 0.29) is 1.43 Å². The van der Waals surface area contributed by atoms with E-state index in [0.717, 1.165) is 16.7 Å². The van der Waals surface area contributed by atoms with Gasteiger partial charge in [-0.1, -0.05) is 56.2 Å². The van der Waals surface area contributed by atoms with Crippen LogP contribution in [0.15, 0.2) is 50.1 Å². The van der Waals surface area contributed by atoms with Gasteiger partial charge in [-0.3, -0.25) is 0 Å². The van der Waals surface area contributed by atoms with Gasteiger partial charge in [-0.25, -0.2) is 0 Å². The van der Waals surface area contributed by atoms with E-state index in [9.17, 15) is 0 Å². The first-order valence-electron chi connectivity index (χ1n) is 3.82. The van der Waals surface area contributed by atoms with Crippen molar-refractivity contribution < 1.29 is 1.43 Å². The molecule has 0 bridgehead atoms. The van der Waals surface area contributed by atoms with Gasteiger partial charge in [-0.2, -0.15) is 0 Å². The molecule has 1 aromatic rings. The quantitative estimate of drug-likeness (QED) is 0.587. The first-order chi connectivity index (χ1) is 5.79. The molecule has 0 aliphatic carbocycles. The van der Waals surface area contributed by atoms with Gasteiger partial charge in [0.1, 0.15) is 0 Å². The van der Waals surface area contributed by atoms with E-state index < -0.39 is 0 Å². The zero-order valence-electron chi connectivity index (χ0n) is 7.09. The number of hydrogen-bond donors (Lipinski definition) is 0. The Labute approximate surface area is 75.0 Å². The van der Waals surface area contributed by atoms with Gasteiger partial charge < -0.3 is 0 Å². The highest BCUT2D eigenvalue weighted by molar-refractivity contribution is 5.77. The molecule has 0 heteroatoms. The molecular weight excluding hydrogens is 144 g/mol. The number of benzene rings is 1. The summed E-state index contributed by atoms with van der Waals surface area (Å²) in [7, 11) is 0. The van der Waals surface area contributed by atoms with Crippen LogP contribution in [0.2, 0.25) is 0 Å². The Morgan fingerprint density at radius 3 is 2.50 bits per heavy atom. The topological polar surface area (TPSA) is 0 Å². The van der Waals surface area contributed by atoms with Crippen molar-refractivity contribution >= 4 is 11.6 Å². The van der Waals surface area contributed by atoms with Crippen LogP contribution >= 0.6 is 0 Å². The predicted molar refractivity (Wildman–Crippen MR) is 57.9 cm³/mol. The first kappa shape index (κ1) is 8.54. The summed E-state index contributed by atoms with van der Waals surface area (Å²) in [5, 5.41) is 0. The van der Waals surface area contributed by atoms with Crippen LogP contribution in [0, 0.1) is 0 Å². The van der Waals surface area contributed by atoms with Crippen LogP contribution < -0.4 is 0 Å². The lowest BCUT2D eigenvalue weighted by Crippen LogP contribution is -1.83. The summed E-state index contributed by atoms with van der Waals surface area (Å²) in [6.07, 6.45) is 3.58. The third-order valence-electron chi connectivity index (χ3n) is 1.77. The van der Waals surface area contributed by atoms with E-state index in [4.69, 9.17) is 0 Å². The van der Waals surface area contributed by atoms with Crippen molar-refractivity contribution in [1.82, 2.24) is 0 Å². The van der Waals surface area contributed by atoms with Gasteiger partial charge in [0.2, 0.25) is 0 Å². The average Bonchev–Trinajstić information content (AvgIpc) is 2.16. The Morgan fingerprint density at radius 1 is 1.25 bits per heavy atom. The molecule has 1 aromatic carbocycles. The molecule has 0 atom stereocenters. The van der Waals surface area contributed by atoms with Gasteiger partial charge in [-0.15, -0.1) is 0 Å². The highest BCUT2D eigenvalue weighted by Gasteiger charge is 1.97. The fraction of sp³-hybridized carbons (Fsp3) is 0. The highest BCUT2D eigenvalue weighted by Crippen LogP contribution is 2.18. The minimum Gasteiger partial charge on any atom is -0.0985 e. The molecule has 0 saturated carbocycles. The third-order valence-corrected chi connectivity index (χ3v) is 1.77. The molecule has 0 aromatic heterocycles. The van der Waals surface area contributed by atoms with Crippen LogP contribution in [0.3, 0.4) is 0 Å². The molecule has 0 saturated heterocycles. The maximum atomic E-state index is 3.89. The molecule has 0 amide bonds. The Morgan fingerprint density at radius 2 is 1.92 bits per heavy atom. The first-order valence-corrected chi connectivity index (χ1v) is 3.82. The fourth-order valence-electron chi connectivity index (χ4n) is 1.08. The molecule has 0 radical (unpaired) electrons. The summed E-state index contributed by atoms with van der Waals surface area (Å²) in [6, 6.07) is 7.99. The second-order valence-corrected chi connectivity index (χ2v) is 2.52. The van der Waals surface area contributed by atoms with E-state index in [2.05, 4.69) is 19.7 Å². The predicted octanol–water partition coefficient (Wildman–Crippen LogP) is 3.77. The van der Waals surface area contributed by atoms with E-state index in [1.165, 1.54) is 0 Å². The normalized spacial score (nSPS) is 9.00. The molecule has 0 aliphatic rings. The molecular formula is C12H14. The Kier molecular flexibility index (Phi) is 2.65. The summed E-state index contributed by atoms with van der Waals surface area (Å²) in [5.74, 6) is 0. The Balaban J connectivity index is 0.00000144. The van der Waals surface area contributed by atoms with Crippen molar-refractivity contribution in [3.63, 3.8) is 0 Å². The molecule has 0 spiro atoms. The SMILES string of the molecule is C=CC(=C)c1ccccc1C=C.[HH]. The molecule has 0 unspecified atom stereocenters. The lowest BCUT2D eigenvalue weighted by Gasteiger charge is -2.03. The van der Waals surface area contributed by atoms with E-state index in [1.807, 2.05) is 30.3 Å². The van der Waals surface area contributed by atoms with Crippen molar-refractivity contribution in [2.75, 3.05) is 0 Å². The summed E-state index contributed by atoms with van der Waals surface area (Å²) in [6.45, 7) is 11.3. The van der Waals surface area contributed by atoms with Crippen molar-refractivity contribution in [3.05, 3.63) is 61.2 Å². The molecule has 62 valence electrons. The second kappa shape index (κ2) is 3.72. The standard InChI is InChI=1S/C12H12.H2/c1-4-10(3)12-9-7-6-8-11(12)5-2;/h4-9H,1-3H2;1H. The van der Waals surface area contributed by atoms with Gasteiger partial charge in [0, 0.05) is 1.43 Å². The number of hydrogen-bond acceptors (Lipinski definition) is 0. The monoisotopic (exact) mass is 158 g/mol. The van der Waals surface area contributed by atoms with Crippen LogP contribution in [0.25, 0.3) is 11.6 Å². The zero-order chi connectivity index (χ0) is 8.97. The maximum absolute atomic E-state index is 3.89. The van der Waals surface area contributed by atoms with Gasteiger partial charge in [0.15, 0.2) is 0 Å². The molecule has 0 N–H and O–H groups in total. The second-order valence-electron chi connectivity index (χ2n) is 2.52. The van der Waals surface area contributed by atoms with Crippen molar-refractivity contribution in [3.8, 4) is 0 Å². The summed E-state index contributed by atoms with van der Waals surface area (Å²) < 4.78 is 0. The van der Waals surface area contributed by atoms with Gasteiger partial charge in [-0.05, 0) is 16.7 Å². The molecule has 0 heterocycles. The Hall–Kier alpha value is -1.56. The van der Waals surface area contributed by atoms with E-state index >= 15 is 0 Å². The fourth-order valence-corrected chi connectivity index (χ4v) is 1.08. The largest absolute Gasteiger partial charge is 0.0985 e. The number of rotatable bonds is 3. The molecule has 0 nitrogen and oxygen atoms in total. The lowest BCUT2D eigenvalue weighted by atomic mass is 10.0. The van der Waals surface area contributed by atoms with Crippen LogP contribution in [-0.2, 0) is 0 Å².